The van der Waals surface area contributed by atoms with E-state index in [0.717, 1.165) is 0 Å². The number of hydrogen-bond donors (Lipinski definition) is 2. The second-order valence-corrected chi connectivity index (χ2v) is 7.69. The maximum atomic E-state index is 12.9. The van der Waals surface area contributed by atoms with Crippen LogP contribution in [0, 0.1) is 5.82 Å². The summed E-state index contributed by atoms with van der Waals surface area (Å²) in [6, 6.07) is 13.3. The van der Waals surface area contributed by atoms with Crippen LogP contribution in [0.1, 0.15) is 21.7 Å². The molecule has 1 amide bonds. The minimum atomic E-state index is -1.16. The van der Waals surface area contributed by atoms with Gasteiger partial charge in [0.2, 0.25) is 0 Å². The van der Waals surface area contributed by atoms with Crippen molar-refractivity contribution in [3.8, 4) is 11.3 Å². The molecular formula is C22H15ClFNO5S. The third kappa shape index (κ3) is 6.07. The molecule has 3 rings (SSSR count). The van der Waals surface area contributed by atoms with Crippen molar-refractivity contribution in [1.82, 2.24) is 5.32 Å². The van der Waals surface area contributed by atoms with Crippen LogP contribution in [0.25, 0.3) is 17.4 Å². The molecule has 31 heavy (non-hydrogen) atoms. The monoisotopic (exact) mass is 459 g/mol. The molecule has 3 aromatic rings. The molecule has 0 saturated carbocycles. The number of carboxylic acids is 1. The van der Waals surface area contributed by atoms with Gasteiger partial charge in [-0.15, -0.1) is 0 Å². The van der Waals surface area contributed by atoms with Crippen molar-refractivity contribution < 1.29 is 28.3 Å². The van der Waals surface area contributed by atoms with Crippen LogP contribution < -0.4 is 5.32 Å². The van der Waals surface area contributed by atoms with Crippen molar-refractivity contribution >= 4 is 46.9 Å². The maximum Gasteiger partial charge on any atom is 0.337 e. The predicted molar refractivity (Wildman–Crippen MR) is 116 cm³/mol. The Morgan fingerprint density at radius 1 is 1.13 bits per heavy atom. The minimum absolute atomic E-state index is 0.0605. The molecule has 0 fully saturated rings. The number of halogens is 2. The lowest BCUT2D eigenvalue weighted by Crippen LogP contribution is -2.18. The molecule has 0 saturated heterocycles. The highest BCUT2D eigenvalue weighted by atomic mass is 35.5. The van der Waals surface area contributed by atoms with E-state index in [4.69, 9.17) is 16.0 Å². The molecule has 2 N–H and O–H groups in total. The van der Waals surface area contributed by atoms with Gasteiger partial charge in [-0.05, 0) is 65.9 Å². The topological polar surface area (TPSA) is 96.6 Å². The van der Waals surface area contributed by atoms with Gasteiger partial charge in [0.1, 0.15) is 17.3 Å². The van der Waals surface area contributed by atoms with Crippen molar-refractivity contribution in [2.45, 2.75) is 6.54 Å². The summed E-state index contributed by atoms with van der Waals surface area (Å²) in [4.78, 5) is 34.8. The molecule has 0 bridgehead atoms. The Hall–Kier alpha value is -3.36. The van der Waals surface area contributed by atoms with Crippen LogP contribution >= 0.6 is 23.4 Å². The van der Waals surface area contributed by atoms with Gasteiger partial charge in [0.05, 0.1) is 15.5 Å². The number of carboxylic acid groups (broad SMARTS) is 1. The molecule has 6 nitrogen and oxygen atoms in total. The lowest BCUT2D eigenvalue weighted by molar-refractivity contribution is -0.104. The van der Waals surface area contributed by atoms with Gasteiger partial charge in [-0.25, -0.2) is 9.18 Å². The maximum absolute atomic E-state index is 12.9. The zero-order chi connectivity index (χ0) is 22.4. The highest BCUT2D eigenvalue weighted by Gasteiger charge is 2.13. The molecule has 0 unspecified atom stereocenters. The number of carbonyl (C=O) groups is 3. The number of allylic oxidation sites excluding steroid dienone is 1. The van der Waals surface area contributed by atoms with Crippen LogP contribution in [0.4, 0.5) is 9.18 Å². The molecule has 0 radical (unpaired) electrons. The minimum Gasteiger partial charge on any atom is -0.478 e. The number of carbonyl (C=O) groups excluding carboxylic acids is 2. The summed E-state index contributed by atoms with van der Waals surface area (Å²) in [5.41, 5.74) is 1.15. The van der Waals surface area contributed by atoms with Crippen molar-refractivity contribution in [3.05, 3.63) is 87.2 Å². The number of furan rings is 1. The third-order valence-corrected chi connectivity index (χ3v) is 5.18. The fourth-order valence-electron chi connectivity index (χ4n) is 2.58. The van der Waals surface area contributed by atoms with Gasteiger partial charge in [0.15, 0.2) is 6.29 Å². The fourth-order valence-corrected chi connectivity index (χ4v) is 3.36. The number of amides is 1. The smallest absolute Gasteiger partial charge is 0.337 e. The average molecular weight is 460 g/mol. The third-order valence-electron chi connectivity index (χ3n) is 4.07. The first-order chi connectivity index (χ1) is 14.9. The Bertz CT molecular complexity index is 1160. The molecule has 0 atom stereocenters. The van der Waals surface area contributed by atoms with Gasteiger partial charge >= 0.3 is 5.97 Å². The molecule has 0 spiro atoms. The first-order valence-electron chi connectivity index (χ1n) is 8.86. The Morgan fingerprint density at radius 3 is 2.55 bits per heavy atom. The van der Waals surface area contributed by atoms with Crippen molar-refractivity contribution in [2.75, 3.05) is 0 Å². The van der Waals surface area contributed by atoms with Crippen molar-refractivity contribution in [3.63, 3.8) is 0 Å². The highest BCUT2D eigenvalue weighted by Crippen LogP contribution is 2.28. The summed E-state index contributed by atoms with van der Waals surface area (Å²) >= 11 is 6.56. The van der Waals surface area contributed by atoms with Gasteiger partial charge < -0.3 is 14.8 Å². The highest BCUT2D eigenvalue weighted by molar-refractivity contribution is 8.17. The van der Waals surface area contributed by atoms with E-state index in [1.165, 1.54) is 30.3 Å². The van der Waals surface area contributed by atoms with Gasteiger partial charge in [-0.2, -0.15) is 0 Å². The molecule has 9 heteroatoms. The number of thioether (sulfide) groups is 1. The Morgan fingerprint density at radius 2 is 1.87 bits per heavy atom. The van der Waals surface area contributed by atoms with E-state index in [9.17, 15) is 23.9 Å². The largest absolute Gasteiger partial charge is 0.478 e. The Balaban J connectivity index is 1.67. The fraction of sp³-hybridized carbons (Fsp3) is 0.0455. The molecule has 158 valence electrons. The second-order valence-electron chi connectivity index (χ2n) is 6.24. The summed E-state index contributed by atoms with van der Waals surface area (Å²) < 4.78 is 18.6. The normalized spacial score (nSPS) is 11.2. The van der Waals surface area contributed by atoms with Crippen LogP contribution in [0.5, 0.6) is 0 Å². The lowest BCUT2D eigenvalue weighted by Gasteiger charge is -2.04. The van der Waals surface area contributed by atoms with Gasteiger partial charge in [0.25, 0.3) is 5.24 Å². The van der Waals surface area contributed by atoms with E-state index in [1.54, 1.807) is 30.3 Å². The summed E-state index contributed by atoms with van der Waals surface area (Å²) in [6.07, 6.45) is 1.92. The zero-order valence-corrected chi connectivity index (χ0v) is 17.4. The van der Waals surface area contributed by atoms with Crippen LogP contribution in [0.2, 0.25) is 5.02 Å². The van der Waals surface area contributed by atoms with E-state index in [2.05, 4.69) is 5.32 Å². The number of hydrogen-bond acceptors (Lipinski definition) is 5. The first kappa shape index (κ1) is 22.3. The average Bonchev–Trinajstić information content (AvgIpc) is 3.21. The molecule has 2 aromatic carbocycles. The summed E-state index contributed by atoms with van der Waals surface area (Å²) in [5, 5.41) is 11.5. The summed E-state index contributed by atoms with van der Waals surface area (Å²) in [7, 11) is 0. The number of aromatic carboxylic acids is 1. The van der Waals surface area contributed by atoms with Crippen LogP contribution in [0.15, 0.2) is 63.9 Å². The van der Waals surface area contributed by atoms with E-state index in [-0.39, 0.29) is 27.9 Å². The zero-order valence-electron chi connectivity index (χ0n) is 15.8. The van der Waals surface area contributed by atoms with Crippen molar-refractivity contribution in [2.24, 2.45) is 0 Å². The van der Waals surface area contributed by atoms with Crippen LogP contribution in [-0.2, 0) is 11.3 Å². The standard InChI is InChI=1S/C22H15ClFNO5S/c23-19-7-3-14(9-18(19)21(27)28)20-8-6-16(30-20)10-17(12-26)31-22(29)25-11-13-1-4-15(24)5-2-13/h1-10,12H,11H2,(H,25,29)(H,27,28)/b17-10-. The molecule has 0 aliphatic carbocycles. The molecule has 0 aliphatic heterocycles. The number of rotatable bonds is 7. The van der Waals surface area contributed by atoms with Crippen molar-refractivity contribution in [1.29, 1.82) is 0 Å². The van der Waals surface area contributed by atoms with Crippen LogP contribution in [0.3, 0.4) is 0 Å². The number of aldehydes is 1. The van der Waals surface area contributed by atoms with Crippen LogP contribution in [-0.4, -0.2) is 22.6 Å². The van der Waals surface area contributed by atoms with E-state index >= 15 is 0 Å². The first-order valence-corrected chi connectivity index (χ1v) is 10.0. The molecule has 0 aliphatic rings. The number of benzene rings is 2. The summed E-state index contributed by atoms with van der Waals surface area (Å²) in [6.45, 7) is 0.186. The SMILES string of the molecule is O=C/C(=C/c1ccc(-c2ccc(Cl)c(C(=O)O)c2)o1)SC(=O)NCc1ccc(F)cc1. The van der Waals surface area contributed by atoms with E-state index < -0.39 is 11.2 Å². The lowest BCUT2D eigenvalue weighted by atomic mass is 10.1. The quantitative estimate of drug-likeness (QED) is 0.351. The van der Waals surface area contributed by atoms with Gasteiger partial charge in [0, 0.05) is 12.1 Å². The Kier molecular flexibility index (Phi) is 7.28. The molecule has 1 heterocycles. The Labute approximate surface area is 185 Å². The predicted octanol–water partition coefficient (Wildman–Crippen LogP) is 5.62. The number of nitrogens with one attached hydrogen (secondary N) is 1. The van der Waals surface area contributed by atoms with Gasteiger partial charge in [-0.1, -0.05) is 23.7 Å². The molecule has 1 aromatic heterocycles. The second kappa shape index (κ2) is 10.1. The summed E-state index contributed by atoms with van der Waals surface area (Å²) in [5.74, 6) is -0.847. The van der Waals surface area contributed by atoms with Gasteiger partial charge in [-0.3, -0.25) is 9.59 Å². The van der Waals surface area contributed by atoms with E-state index in [0.29, 0.717) is 40.7 Å². The molecular weight excluding hydrogens is 445 g/mol. The van der Waals surface area contributed by atoms with E-state index in [1.807, 2.05) is 0 Å².